The second-order valence-electron chi connectivity index (χ2n) is 1.46. The van der Waals surface area contributed by atoms with Gasteiger partial charge in [0, 0.05) is 29.2 Å². The highest BCUT2D eigenvalue weighted by molar-refractivity contribution is 7.98. The normalized spacial score (nSPS) is 8.40. The van der Waals surface area contributed by atoms with Crippen LogP contribution in [0.1, 0.15) is 0 Å². The zero-order chi connectivity index (χ0) is 7.23. The van der Waals surface area contributed by atoms with Gasteiger partial charge in [0.15, 0.2) is 0 Å². The van der Waals surface area contributed by atoms with Gasteiger partial charge < -0.3 is 0 Å². The van der Waals surface area contributed by atoms with E-state index >= 15 is 0 Å². The Morgan fingerprint density at radius 1 is 1.70 bits per heavy atom. The second kappa shape index (κ2) is 3.82. The Kier molecular flexibility index (Phi) is 2.67. The molecule has 0 aliphatic carbocycles. The molecule has 1 rings (SSSR count). The molecule has 0 atom stereocenters. The smallest absolute Gasteiger partial charge is 0.247 e. The predicted octanol–water partition coefficient (Wildman–Crippen LogP) is 1.42. The highest BCUT2D eigenvalue weighted by atomic mass is 32.2. The van der Waals surface area contributed by atoms with Crippen LogP contribution in [0.2, 0.25) is 0 Å². The molecule has 0 fully saturated rings. The largest absolute Gasteiger partial charge is 0.263 e. The molecule has 0 N–H and O–H groups in total. The van der Waals surface area contributed by atoms with E-state index in [1.165, 1.54) is 6.08 Å². The molecular formula is C6H4N2OS. The molecule has 0 aliphatic rings. The molecule has 0 unspecified atom stereocenters. The lowest BCUT2D eigenvalue weighted by atomic mass is 10.5. The SMILES string of the molecule is O=C=NSc1cccnc1. The maximum absolute atomic E-state index is 9.65. The van der Waals surface area contributed by atoms with Gasteiger partial charge in [-0.2, -0.15) is 0 Å². The van der Waals surface area contributed by atoms with Crippen molar-refractivity contribution >= 4 is 18.0 Å². The summed E-state index contributed by atoms with van der Waals surface area (Å²) in [5, 5.41) is 0. The third-order valence-electron chi connectivity index (χ3n) is 0.823. The van der Waals surface area contributed by atoms with Crippen LogP contribution >= 0.6 is 11.9 Å². The van der Waals surface area contributed by atoms with E-state index in [9.17, 15) is 4.79 Å². The van der Waals surface area contributed by atoms with Crippen LogP contribution in [0, 0.1) is 0 Å². The first-order chi connectivity index (χ1) is 4.93. The number of pyridine rings is 1. The van der Waals surface area contributed by atoms with Gasteiger partial charge in [0.1, 0.15) is 0 Å². The lowest BCUT2D eigenvalue weighted by Crippen LogP contribution is -1.69. The van der Waals surface area contributed by atoms with E-state index in [2.05, 4.69) is 9.38 Å². The summed E-state index contributed by atoms with van der Waals surface area (Å²) in [6.07, 6.45) is 4.72. The Bertz CT molecular complexity index is 243. The molecule has 50 valence electrons. The molecule has 0 spiro atoms. The van der Waals surface area contributed by atoms with E-state index < -0.39 is 0 Å². The number of carbonyl (C=O) groups excluding carboxylic acids is 1. The third-order valence-corrected chi connectivity index (χ3v) is 1.44. The van der Waals surface area contributed by atoms with Gasteiger partial charge in [-0.15, -0.1) is 4.40 Å². The van der Waals surface area contributed by atoms with Crippen LogP contribution in [-0.2, 0) is 4.79 Å². The highest BCUT2D eigenvalue weighted by Crippen LogP contribution is 2.15. The molecule has 0 radical (unpaired) electrons. The van der Waals surface area contributed by atoms with Crippen LogP contribution in [0.5, 0.6) is 0 Å². The molecular weight excluding hydrogens is 148 g/mol. The van der Waals surface area contributed by atoms with Crippen molar-refractivity contribution in [2.45, 2.75) is 4.90 Å². The van der Waals surface area contributed by atoms with Crippen molar-refractivity contribution in [3.8, 4) is 0 Å². The summed E-state index contributed by atoms with van der Waals surface area (Å²) in [5.41, 5.74) is 0. The molecule has 10 heavy (non-hydrogen) atoms. The first-order valence-electron chi connectivity index (χ1n) is 2.57. The molecule has 4 heteroatoms. The van der Waals surface area contributed by atoms with Crippen LogP contribution in [0.15, 0.2) is 33.8 Å². The molecule has 0 amide bonds. The minimum atomic E-state index is 0.839. The average molecular weight is 152 g/mol. The van der Waals surface area contributed by atoms with Gasteiger partial charge in [0.25, 0.3) is 0 Å². The van der Waals surface area contributed by atoms with Gasteiger partial charge in [-0.05, 0) is 12.1 Å². The van der Waals surface area contributed by atoms with E-state index in [-0.39, 0.29) is 0 Å². The number of hydrogen-bond donors (Lipinski definition) is 0. The first kappa shape index (κ1) is 6.99. The fraction of sp³-hybridized carbons (Fsp3) is 0. The number of isocyanates is 1. The van der Waals surface area contributed by atoms with Gasteiger partial charge in [-0.1, -0.05) is 0 Å². The van der Waals surface area contributed by atoms with Crippen LogP contribution in [0.25, 0.3) is 0 Å². The summed E-state index contributed by atoms with van der Waals surface area (Å²) in [7, 11) is 0. The quantitative estimate of drug-likeness (QED) is 0.365. The van der Waals surface area contributed by atoms with E-state index in [0.717, 1.165) is 16.8 Å². The van der Waals surface area contributed by atoms with E-state index in [1.807, 2.05) is 6.07 Å². The van der Waals surface area contributed by atoms with E-state index in [4.69, 9.17) is 0 Å². The van der Waals surface area contributed by atoms with Gasteiger partial charge in [0.05, 0.1) is 0 Å². The Morgan fingerprint density at radius 3 is 3.20 bits per heavy atom. The molecule has 1 aromatic heterocycles. The monoisotopic (exact) mass is 152 g/mol. The van der Waals surface area contributed by atoms with Crippen molar-refractivity contribution in [1.82, 2.24) is 4.98 Å². The third kappa shape index (κ3) is 2.01. The minimum Gasteiger partial charge on any atom is -0.263 e. The van der Waals surface area contributed by atoms with Crippen molar-refractivity contribution in [3.05, 3.63) is 24.5 Å². The van der Waals surface area contributed by atoms with Gasteiger partial charge >= 0.3 is 0 Å². The standard InChI is InChI=1S/C6H4N2OS/c9-5-8-10-6-2-1-3-7-4-6/h1-4H. The minimum absolute atomic E-state index is 0.839. The predicted molar refractivity (Wildman–Crippen MR) is 38.2 cm³/mol. The summed E-state index contributed by atoms with van der Waals surface area (Å²) in [4.78, 5) is 14.3. The number of aromatic nitrogens is 1. The maximum Gasteiger partial charge on any atom is 0.247 e. The zero-order valence-electron chi connectivity index (χ0n) is 5.02. The molecule has 0 saturated carbocycles. The molecule has 0 aromatic carbocycles. The van der Waals surface area contributed by atoms with E-state index in [0.29, 0.717) is 0 Å². The lowest BCUT2D eigenvalue weighted by molar-refractivity contribution is 0.566. The van der Waals surface area contributed by atoms with Crippen LogP contribution < -0.4 is 0 Å². The summed E-state index contributed by atoms with van der Waals surface area (Å²) < 4.78 is 3.31. The average Bonchev–Trinajstić information content (AvgIpc) is 2.03. The summed E-state index contributed by atoms with van der Waals surface area (Å²) in [6.45, 7) is 0. The van der Waals surface area contributed by atoms with Crippen molar-refractivity contribution in [1.29, 1.82) is 0 Å². The van der Waals surface area contributed by atoms with Gasteiger partial charge in [-0.3, -0.25) is 4.98 Å². The topological polar surface area (TPSA) is 42.3 Å². The Hall–Kier alpha value is -1.12. The molecule has 1 heterocycles. The maximum atomic E-state index is 9.65. The van der Waals surface area contributed by atoms with Gasteiger partial charge in [-0.25, -0.2) is 4.79 Å². The fourth-order valence-corrected chi connectivity index (χ4v) is 0.863. The summed E-state index contributed by atoms with van der Waals surface area (Å²) >= 11 is 1.06. The lowest BCUT2D eigenvalue weighted by Gasteiger charge is -1.87. The Balaban J connectivity index is 2.67. The van der Waals surface area contributed by atoms with E-state index in [1.54, 1.807) is 18.5 Å². The van der Waals surface area contributed by atoms with Gasteiger partial charge in [0.2, 0.25) is 6.08 Å². The number of rotatable bonds is 2. The number of hydrogen-bond acceptors (Lipinski definition) is 4. The van der Waals surface area contributed by atoms with Crippen molar-refractivity contribution in [2.24, 2.45) is 4.40 Å². The molecule has 0 aliphatic heterocycles. The molecule has 0 bridgehead atoms. The second-order valence-corrected chi connectivity index (χ2v) is 2.30. The van der Waals surface area contributed by atoms with Crippen molar-refractivity contribution in [3.63, 3.8) is 0 Å². The van der Waals surface area contributed by atoms with Crippen LogP contribution in [-0.4, -0.2) is 11.1 Å². The van der Waals surface area contributed by atoms with Crippen molar-refractivity contribution in [2.75, 3.05) is 0 Å². The van der Waals surface area contributed by atoms with Crippen LogP contribution in [0.4, 0.5) is 0 Å². The number of nitrogens with zero attached hydrogens (tertiary/aromatic N) is 2. The summed E-state index contributed by atoms with van der Waals surface area (Å²) in [5.74, 6) is 0. The van der Waals surface area contributed by atoms with Crippen molar-refractivity contribution < 1.29 is 4.79 Å². The Labute approximate surface area is 62.3 Å². The Morgan fingerprint density at radius 2 is 2.60 bits per heavy atom. The first-order valence-corrected chi connectivity index (χ1v) is 3.35. The molecule has 0 saturated heterocycles. The molecule has 3 nitrogen and oxygen atoms in total. The van der Waals surface area contributed by atoms with Crippen LogP contribution in [0.3, 0.4) is 0 Å². The summed E-state index contributed by atoms with van der Waals surface area (Å²) in [6, 6.07) is 3.60. The highest BCUT2D eigenvalue weighted by Gasteiger charge is 1.87. The molecule has 1 aromatic rings. The fourth-order valence-electron chi connectivity index (χ4n) is 0.472. The zero-order valence-corrected chi connectivity index (χ0v) is 5.84.